The molecule has 0 spiro atoms. The fourth-order valence-electron chi connectivity index (χ4n) is 2.81. The molecule has 0 aliphatic heterocycles. The van der Waals surface area contributed by atoms with Crippen molar-refractivity contribution >= 4 is 17.0 Å². The van der Waals surface area contributed by atoms with Gasteiger partial charge < -0.3 is 26.4 Å². The Balaban J connectivity index is 1.95. The van der Waals surface area contributed by atoms with Crippen molar-refractivity contribution in [1.82, 2.24) is 19.5 Å². The predicted octanol–water partition coefficient (Wildman–Crippen LogP) is 1.16. The van der Waals surface area contributed by atoms with E-state index in [4.69, 9.17) is 16.2 Å². The zero-order valence-corrected chi connectivity index (χ0v) is 15.2. The van der Waals surface area contributed by atoms with E-state index in [0.717, 1.165) is 17.5 Å². The first kappa shape index (κ1) is 18.9. The van der Waals surface area contributed by atoms with Crippen LogP contribution in [0, 0.1) is 0 Å². The second kappa shape index (κ2) is 8.19. The molecule has 144 valence electrons. The van der Waals surface area contributed by atoms with Gasteiger partial charge in [0.25, 0.3) is 6.01 Å². The maximum Gasteiger partial charge on any atom is 0.320 e. The van der Waals surface area contributed by atoms with Gasteiger partial charge in [-0.25, -0.2) is 0 Å². The quantitative estimate of drug-likeness (QED) is 0.461. The number of aromatic hydroxyl groups is 1. The van der Waals surface area contributed by atoms with Gasteiger partial charge in [0.2, 0.25) is 0 Å². The zero-order valence-electron chi connectivity index (χ0n) is 15.2. The lowest BCUT2D eigenvalue weighted by Crippen LogP contribution is -2.22. The number of ether oxygens (including phenoxy) is 1. The minimum Gasteiger partial charge on any atom is -0.480 e. The summed E-state index contributed by atoms with van der Waals surface area (Å²) >= 11 is 0. The lowest BCUT2D eigenvalue weighted by atomic mass is 10.1. The largest absolute Gasteiger partial charge is 0.480 e. The molecule has 2 aromatic heterocycles. The van der Waals surface area contributed by atoms with Crippen LogP contribution in [0.2, 0.25) is 0 Å². The molecule has 1 unspecified atom stereocenters. The Morgan fingerprint density at radius 2 is 1.85 bits per heavy atom. The third kappa shape index (κ3) is 4.09. The minimum absolute atomic E-state index is 0.0483. The number of aliphatic hydroxyl groups excluding tert-OH is 1. The van der Waals surface area contributed by atoms with E-state index in [-0.39, 0.29) is 24.4 Å². The van der Waals surface area contributed by atoms with E-state index in [1.54, 1.807) is 0 Å². The molecule has 27 heavy (non-hydrogen) atoms. The van der Waals surface area contributed by atoms with E-state index in [1.165, 1.54) is 4.57 Å². The van der Waals surface area contributed by atoms with Crippen LogP contribution in [0.5, 0.6) is 12.0 Å². The Morgan fingerprint density at radius 3 is 2.48 bits per heavy atom. The van der Waals surface area contributed by atoms with E-state index in [1.807, 2.05) is 31.2 Å². The molecule has 3 rings (SSSR count). The number of benzene rings is 1. The van der Waals surface area contributed by atoms with E-state index >= 15 is 0 Å². The van der Waals surface area contributed by atoms with Gasteiger partial charge in [0.15, 0.2) is 17.0 Å². The van der Waals surface area contributed by atoms with E-state index in [9.17, 15) is 10.2 Å². The molecular formula is C18H24N6O3. The number of fused-ring (bicyclic) bond motifs is 1. The summed E-state index contributed by atoms with van der Waals surface area (Å²) in [5.74, 6) is 0.107. The molecular weight excluding hydrogens is 348 g/mol. The van der Waals surface area contributed by atoms with Crippen molar-refractivity contribution in [2.45, 2.75) is 39.0 Å². The van der Waals surface area contributed by atoms with Gasteiger partial charge in [0, 0.05) is 6.54 Å². The minimum atomic E-state index is -0.416. The van der Waals surface area contributed by atoms with Crippen LogP contribution < -0.4 is 16.2 Å². The van der Waals surface area contributed by atoms with Crippen LogP contribution in [0.4, 0.5) is 5.82 Å². The average molecular weight is 372 g/mol. The van der Waals surface area contributed by atoms with Gasteiger partial charge >= 0.3 is 6.01 Å². The molecule has 0 amide bonds. The van der Waals surface area contributed by atoms with Crippen molar-refractivity contribution in [3.63, 3.8) is 0 Å². The number of nitrogen functional groups attached to an aromatic ring is 1. The fraction of sp³-hybridized carbons (Fsp3) is 0.389. The Labute approximate surface area is 156 Å². The summed E-state index contributed by atoms with van der Waals surface area (Å²) in [6.45, 7) is 2.66. The van der Waals surface area contributed by atoms with Crippen LogP contribution in [-0.4, -0.2) is 42.4 Å². The SMILES string of the molecule is CCCC(CO)Oc1nc(N)c2nc(O)n(Cc3ccc(CN)cc3)c2n1. The monoisotopic (exact) mass is 372 g/mol. The number of hydrogen-bond donors (Lipinski definition) is 4. The first-order valence-electron chi connectivity index (χ1n) is 8.83. The van der Waals surface area contributed by atoms with Gasteiger partial charge in [-0.1, -0.05) is 37.6 Å². The number of nitrogens with zero attached hydrogens (tertiary/aromatic N) is 4. The molecule has 9 heteroatoms. The highest BCUT2D eigenvalue weighted by Crippen LogP contribution is 2.26. The standard InChI is InChI=1S/C18H24N6O3/c1-2-3-13(10-25)27-17-22-15(20)14-16(23-17)24(18(26)21-14)9-12-6-4-11(8-19)5-7-12/h4-7,13,25H,2-3,8-10,19H2,1H3,(H,21,26)(H2,20,22,23). The molecule has 0 saturated heterocycles. The van der Waals surface area contributed by atoms with E-state index in [2.05, 4.69) is 15.0 Å². The number of hydrogen-bond acceptors (Lipinski definition) is 8. The van der Waals surface area contributed by atoms with E-state index in [0.29, 0.717) is 30.7 Å². The normalized spacial score (nSPS) is 12.4. The molecule has 0 bridgehead atoms. The topological polar surface area (TPSA) is 145 Å². The number of rotatable bonds is 8. The lowest BCUT2D eigenvalue weighted by Gasteiger charge is -2.14. The van der Waals surface area contributed by atoms with E-state index < -0.39 is 6.10 Å². The molecule has 2 heterocycles. The van der Waals surface area contributed by atoms with Gasteiger partial charge in [0.1, 0.15) is 6.10 Å². The number of anilines is 1. The molecule has 9 nitrogen and oxygen atoms in total. The van der Waals surface area contributed by atoms with Crippen LogP contribution in [0.15, 0.2) is 24.3 Å². The Bertz CT molecular complexity index is 910. The fourth-order valence-corrected chi connectivity index (χ4v) is 2.81. The first-order valence-corrected chi connectivity index (χ1v) is 8.83. The predicted molar refractivity (Wildman–Crippen MR) is 101 cm³/mol. The number of imidazole rings is 1. The zero-order chi connectivity index (χ0) is 19.4. The third-order valence-corrected chi connectivity index (χ3v) is 4.27. The lowest BCUT2D eigenvalue weighted by molar-refractivity contribution is 0.0993. The molecule has 1 aromatic carbocycles. The maximum atomic E-state index is 10.3. The smallest absolute Gasteiger partial charge is 0.320 e. The van der Waals surface area contributed by atoms with Crippen LogP contribution in [-0.2, 0) is 13.1 Å². The summed E-state index contributed by atoms with van der Waals surface area (Å²) in [6, 6.07) is 7.56. The summed E-state index contributed by atoms with van der Waals surface area (Å²) < 4.78 is 7.18. The highest BCUT2D eigenvalue weighted by Gasteiger charge is 2.19. The molecule has 0 radical (unpaired) electrons. The van der Waals surface area contributed by atoms with Crippen molar-refractivity contribution in [3.8, 4) is 12.0 Å². The van der Waals surface area contributed by atoms with Crippen molar-refractivity contribution in [2.75, 3.05) is 12.3 Å². The van der Waals surface area contributed by atoms with Crippen molar-refractivity contribution in [3.05, 3.63) is 35.4 Å². The second-order valence-corrected chi connectivity index (χ2v) is 6.29. The molecule has 6 N–H and O–H groups in total. The first-order chi connectivity index (χ1) is 13.0. The Kier molecular flexibility index (Phi) is 5.72. The van der Waals surface area contributed by atoms with Crippen LogP contribution in [0.3, 0.4) is 0 Å². The van der Waals surface area contributed by atoms with Gasteiger partial charge in [0.05, 0.1) is 13.2 Å². The summed E-state index contributed by atoms with van der Waals surface area (Å²) in [5.41, 5.74) is 14.2. The highest BCUT2D eigenvalue weighted by molar-refractivity contribution is 5.83. The number of nitrogens with two attached hydrogens (primary N) is 2. The summed E-state index contributed by atoms with van der Waals surface area (Å²) in [7, 11) is 0. The van der Waals surface area contributed by atoms with Gasteiger partial charge in [-0.05, 0) is 17.5 Å². The average Bonchev–Trinajstić information content (AvgIpc) is 2.98. The van der Waals surface area contributed by atoms with Crippen LogP contribution in [0.1, 0.15) is 30.9 Å². The highest BCUT2D eigenvalue weighted by atomic mass is 16.5. The molecule has 0 fully saturated rings. The van der Waals surface area contributed by atoms with Gasteiger partial charge in [-0.2, -0.15) is 15.0 Å². The molecule has 1 atom stereocenters. The maximum absolute atomic E-state index is 10.3. The molecule has 0 saturated carbocycles. The van der Waals surface area contributed by atoms with Gasteiger partial charge in [-0.15, -0.1) is 0 Å². The number of aromatic nitrogens is 4. The van der Waals surface area contributed by atoms with Crippen molar-refractivity contribution < 1.29 is 14.9 Å². The Morgan fingerprint density at radius 1 is 1.15 bits per heavy atom. The summed E-state index contributed by atoms with van der Waals surface area (Å²) in [4.78, 5) is 12.5. The second-order valence-electron chi connectivity index (χ2n) is 6.29. The number of aliphatic hydroxyl groups is 1. The van der Waals surface area contributed by atoms with Crippen LogP contribution in [0.25, 0.3) is 11.2 Å². The van der Waals surface area contributed by atoms with Crippen molar-refractivity contribution in [2.24, 2.45) is 5.73 Å². The van der Waals surface area contributed by atoms with Gasteiger partial charge in [-0.3, -0.25) is 4.57 Å². The summed E-state index contributed by atoms with van der Waals surface area (Å²) in [6.07, 6.45) is 1.09. The third-order valence-electron chi connectivity index (χ3n) is 4.27. The van der Waals surface area contributed by atoms with Crippen molar-refractivity contribution in [1.29, 1.82) is 0 Å². The molecule has 0 aliphatic carbocycles. The molecule has 3 aromatic rings. The summed E-state index contributed by atoms with van der Waals surface area (Å²) in [5, 5.41) is 19.7. The van der Waals surface area contributed by atoms with Crippen LogP contribution >= 0.6 is 0 Å². The molecule has 0 aliphatic rings. The Hall–Kier alpha value is -2.91.